The zero-order valence-corrected chi connectivity index (χ0v) is 13.0. The summed E-state index contributed by atoms with van der Waals surface area (Å²) < 4.78 is 18.7. The molecule has 4 nitrogen and oxygen atoms in total. The van der Waals surface area contributed by atoms with Gasteiger partial charge in [-0.3, -0.25) is 4.79 Å². The van der Waals surface area contributed by atoms with E-state index in [4.69, 9.17) is 22.1 Å². The minimum Gasteiger partial charge on any atom is -0.480 e. The molecule has 2 aromatic carbocycles. The summed E-state index contributed by atoms with van der Waals surface area (Å²) in [5.41, 5.74) is 6.57. The molecule has 0 aliphatic rings. The summed E-state index contributed by atoms with van der Waals surface area (Å²) >= 11 is 9.09. The minimum atomic E-state index is -0.386. The lowest BCUT2D eigenvalue weighted by molar-refractivity contribution is -0.118. The molecule has 0 bridgehead atoms. The standard InChI is InChI=1S/C14H11BrClFN2O2/c15-11-5-8(16)6-12(18)14(11)21-7-13(20)19-10-3-1-9(17)2-4-10/h1-6H,7,18H2,(H,19,20). The second kappa shape index (κ2) is 6.78. The van der Waals surface area contributed by atoms with Gasteiger partial charge in [0, 0.05) is 10.7 Å². The Morgan fingerprint density at radius 1 is 1.33 bits per heavy atom. The molecule has 0 aromatic heterocycles. The van der Waals surface area contributed by atoms with E-state index in [0.29, 0.717) is 26.6 Å². The lowest BCUT2D eigenvalue weighted by Gasteiger charge is -2.11. The van der Waals surface area contributed by atoms with Gasteiger partial charge in [0.1, 0.15) is 5.82 Å². The molecule has 0 fully saturated rings. The molecule has 0 atom stereocenters. The van der Waals surface area contributed by atoms with E-state index in [9.17, 15) is 9.18 Å². The number of anilines is 2. The zero-order valence-electron chi connectivity index (χ0n) is 10.7. The van der Waals surface area contributed by atoms with Gasteiger partial charge in [0.2, 0.25) is 0 Å². The number of nitrogens with two attached hydrogens (primary N) is 1. The fourth-order valence-electron chi connectivity index (χ4n) is 1.60. The van der Waals surface area contributed by atoms with E-state index in [2.05, 4.69) is 21.2 Å². The van der Waals surface area contributed by atoms with Crippen LogP contribution >= 0.6 is 27.5 Å². The number of carbonyl (C=O) groups excluding carboxylic acids is 1. The van der Waals surface area contributed by atoms with Gasteiger partial charge in [0.15, 0.2) is 12.4 Å². The Bertz CT molecular complexity index is 642. The SMILES string of the molecule is Nc1cc(Cl)cc(Br)c1OCC(=O)Nc1ccc(F)cc1. The van der Waals surface area contributed by atoms with Gasteiger partial charge >= 0.3 is 0 Å². The van der Waals surface area contributed by atoms with Crippen LogP contribution in [-0.4, -0.2) is 12.5 Å². The van der Waals surface area contributed by atoms with Crippen molar-refractivity contribution in [2.24, 2.45) is 0 Å². The highest BCUT2D eigenvalue weighted by Gasteiger charge is 2.10. The third kappa shape index (κ3) is 4.34. The Morgan fingerprint density at radius 3 is 2.62 bits per heavy atom. The second-order valence-electron chi connectivity index (χ2n) is 4.15. The van der Waals surface area contributed by atoms with Crippen molar-refractivity contribution in [3.8, 4) is 5.75 Å². The summed E-state index contributed by atoms with van der Waals surface area (Å²) in [6, 6.07) is 8.57. The van der Waals surface area contributed by atoms with Crippen LogP contribution in [0.3, 0.4) is 0 Å². The normalized spacial score (nSPS) is 10.2. The predicted octanol–water partition coefficient (Wildman–Crippen LogP) is 3.84. The van der Waals surface area contributed by atoms with Crippen LogP contribution in [0.25, 0.3) is 0 Å². The first-order valence-corrected chi connectivity index (χ1v) is 7.05. The number of ether oxygens (including phenoxy) is 1. The molecule has 2 aromatic rings. The van der Waals surface area contributed by atoms with E-state index < -0.39 is 0 Å². The maximum Gasteiger partial charge on any atom is 0.262 e. The average molecular weight is 374 g/mol. The molecule has 110 valence electrons. The average Bonchev–Trinajstić information content (AvgIpc) is 2.40. The van der Waals surface area contributed by atoms with Gasteiger partial charge in [-0.2, -0.15) is 0 Å². The molecule has 0 radical (unpaired) electrons. The molecule has 0 aliphatic carbocycles. The second-order valence-corrected chi connectivity index (χ2v) is 5.44. The molecule has 0 saturated heterocycles. The fraction of sp³-hybridized carbons (Fsp3) is 0.0714. The quantitative estimate of drug-likeness (QED) is 0.800. The number of hydrogen-bond acceptors (Lipinski definition) is 3. The van der Waals surface area contributed by atoms with Crippen molar-refractivity contribution in [1.82, 2.24) is 0 Å². The molecule has 1 amide bonds. The summed E-state index contributed by atoms with van der Waals surface area (Å²) in [4.78, 5) is 11.7. The van der Waals surface area contributed by atoms with Crippen LogP contribution in [0, 0.1) is 5.82 Å². The lowest BCUT2D eigenvalue weighted by atomic mass is 10.3. The number of nitrogen functional groups attached to an aromatic ring is 1. The number of hydrogen-bond donors (Lipinski definition) is 2. The van der Waals surface area contributed by atoms with Crippen molar-refractivity contribution in [1.29, 1.82) is 0 Å². The maximum atomic E-state index is 12.7. The molecule has 3 N–H and O–H groups in total. The molecular weight excluding hydrogens is 363 g/mol. The van der Waals surface area contributed by atoms with Crippen LogP contribution in [0.4, 0.5) is 15.8 Å². The Morgan fingerprint density at radius 2 is 2.00 bits per heavy atom. The highest BCUT2D eigenvalue weighted by Crippen LogP contribution is 2.34. The molecular formula is C14H11BrClFN2O2. The topological polar surface area (TPSA) is 64.3 Å². The van der Waals surface area contributed by atoms with Gasteiger partial charge in [-0.05, 0) is 52.3 Å². The number of benzene rings is 2. The van der Waals surface area contributed by atoms with Gasteiger partial charge < -0.3 is 15.8 Å². The first-order chi connectivity index (χ1) is 9.95. The van der Waals surface area contributed by atoms with Gasteiger partial charge in [-0.1, -0.05) is 11.6 Å². The van der Waals surface area contributed by atoms with E-state index >= 15 is 0 Å². The number of rotatable bonds is 4. The summed E-state index contributed by atoms with van der Waals surface area (Å²) in [5.74, 6) is -0.418. The van der Waals surface area contributed by atoms with E-state index in [1.165, 1.54) is 30.3 Å². The van der Waals surface area contributed by atoms with Gasteiger partial charge in [-0.25, -0.2) is 4.39 Å². The predicted molar refractivity (Wildman–Crippen MR) is 84.1 cm³/mol. The largest absolute Gasteiger partial charge is 0.480 e. The number of nitrogens with one attached hydrogen (secondary N) is 1. The number of halogens is 3. The summed E-state index contributed by atoms with van der Waals surface area (Å²) in [6.07, 6.45) is 0. The summed E-state index contributed by atoms with van der Waals surface area (Å²) in [5, 5.41) is 3.04. The smallest absolute Gasteiger partial charge is 0.262 e. The molecule has 21 heavy (non-hydrogen) atoms. The van der Waals surface area contributed by atoms with Crippen LogP contribution in [0.2, 0.25) is 5.02 Å². The highest BCUT2D eigenvalue weighted by molar-refractivity contribution is 9.10. The summed E-state index contributed by atoms with van der Waals surface area (Å²) in [7, 11) is 0. The van der Waals surface area contributed by atoms with Crippen LogP contribution in [0.5, 0.6) is 5.75 Å². The number of amides is 1. The van der Waals surface area contributed by atoms with Gasteiger partial charge in [-0.15, -0.1) is 0 Å². The lowest BCUT2D eigenvalue weighted by Crippen LogP contribution is -2.20. The third-order valence-corrected chi connectivity index (χ3v) is 3.32. The van der Waals surface area contributed by atoms with E-state index in [0.717, 1.165) is 0 Å². The first kappa shape index (κ1) is 15.6. The van der Waals surface area contributed by atoms with E-state index in [-0.39, 0.29) is 18.3 Å². The molecule has 0 saturated carbocycles. The molecule has 0 heterocycles. The Labute approximate surface area is 134 Å². The summed E-state index contributed by atoms with van der Waals surface area (Å²) in [6.45, 7) is -0.234. The van der Waals surface area contributed by atoms with Crippen molar-refractivity contribution in [3.63, 3.8) is 0 Å². The maximum absolute atomic E-state index is 12.7. The fourth-order valence-corrected chi connectivity index (χ4v) is 2.55. The van der Waals surface area contributed by atoms with Crippen molar-refractivity contribution in [2.45, 2.75) is 0 Å². The Balaban J connectivity index is 1.97. The van der Waals surface area contributed by atoms with Crippen LogP contribution < -0.4 is 15.8 Å². The van der Waals surface area contributed by atoms with Crippen LogP contribution in [-0.2, 0) is 4.79 Å². The monoisotopic (exact) mass is 372 g/mol. The Kier molecular flexibility index (Phi) is 5.03. The van der Waals surface area contributed by atoms with Crippen molar-refractivity contribution < 1.29 is 13.9 Å². The van der Waals surface area contributed by atoms with Crippen molar-refractivity contribution in [3.05, 3.63) is 51.7 Å². The molecule has 0 aliphatic heterocycles. The van der Waals surface area contributed by atoms with E-state index in [1.54, 1.807) is 6.07 Å². The van der Waals surface area contributed by atoms with Crippen molar-refractivity contribution >= 4 is 44.8 Å². The minimum absolute atomic E-state index is 0.234. The zero-order chi connectivity index (χ0) is 15.4. The third-order valence-electron chi connectivity index (χ3n) is 2.51. The van der Waals surface area contributed by atoms with Gasteiger partial charge in [0.05, 0.1) is 10.2 Å². The highest BCUT2D eigenvalue weighted by atomic mass is 79.9. The van der Waals surface area contributed by atoms with E-state index in [1.807, 2.05) is 0 Å². The van der Waals surface area contributed by atoms with Crippen molar-refractivity contribution in [2.75, 3.05) is 17.7 Å². The van der Waals surface area contributed by atoms with Crippen LogP contribution in [0.1, 0.15) is 0 Å². The van der Waals surface area contributed by atoms with Gasteiger partial charge in [0.25, 0.3) is 5.91 Å². The molecule has 7 heteroatoms. The number of carbonyl (C=O) groups is 1. The first-order valence-electron chi connectivity index (χ1n) is 5.88. The molecule has 0 unspecified atom stereocenters. The molecule has 2 rings (SSSR count). The molecule has 0 spiro atoms. The van der Waals surface area contributed by atoms with Crippen LogP contribution in [0.15, 0.2) is 40.9 Å². The Hall–Kier alpha value is -1.79.